The van der Waals surface area contributed by atoms with Gasteiger partial charge < -0.3 is 14.6 Å². The number of hydrogen-bond donors (Lipinski definition) is 1. The molecule has 0 saturated heterocycles. The van der Waals surface area contributed by atoms with Gasteiger partial charge in [-0.25, -0.2) is 0 Å². The number of aryl methyl sites for hydroxylation is 1. The summed E-state index contributed by atoms with van der Waals surface area (Å²) in [6, 6.07) is 14.4. The van der Waals surface area contributed by atoms with Gasteiger partial charge in [-0.2, -0.15) is 0 Å². The molecule has 1 N–H and O–H groups in total. The molecule has 6 heteroatoms. The quantitative estimate of drug-likeness (QED) is 0.528. The van der Waals surface area contributed by atoms with Gasteiger partial charge in [-0.05, 0) is 61.4 Å². The van der Waals surface area contributed by atoms with Crippen LogP contribution in [0.3, 0.4) is 0 Å². The average molecular weight is 385 g/mol. The zero-order valence-corrected chi connectivity index (χ0v) is 16.0. The van der Waals surface area contributed by atoms with Gasteiger partial charge in [0.05, 0.1) is 6.61 Å². The molecular formula is C21H21ClN2O3. The summed E-state index contributed by atoms with van der Waals surface area (Å²) in [5, 5.41) is 7.31. The van der Waals surface area contributed by atoms with Crippen LogP contribution in [-0.2, 0) is 0 Å². The van der Waals surface area contributed by atoms with Crippen molar-refractivity contribution in [3.05, 3.63) is 64.8 Å². The van der Waals surface area contributed by atoms with E-state index in [4.69, 9.17) is 20.9 Å². The van der Waals surface area contributed by atoms with Crippen LogP contribution >= 0.6 is 11.6 Å². The second kappa shape index (κ2) is 8.73. The summed E-state index contributed by atoms with van der Waals surface area (Å²) in [5.74, 6) is 0.988. The van der Waals surface area contributed by atoms with Crippen molar-refractivity contribution in [1.29, 1.82) is 0 Å². The number of carbonyl (C=O) groups excluding carboxylic acids is 1. The Morgan fingerprint density at radius 1 is 1.19 bits per heavy atom. The normalized spacial score (nSPS) is 10.6. The molecule has 0 aliphatic rings. The minimum Gasteiger partial charge on any atom is -0.494 e. The number of nitrogens with one attached hydrogen (secondary N) is 1. The standard InChI is InChI=1S/C21H21ClN2O3/c1-3-4-11-26-17-8-5-15(6-9-17)20-13-19(24-27-20)21(25)23-16-7-10-18(22)14(2)12-16/h5-10,12-13H,3-4,11H2,1-2H3,(H,23,25). The summed E-state index contributed by atoms with van der Waals surface area (Å²) in [5.41, 5.74) is 2.57. The molecule has 140 valence electrons. The number of carbonyl (C=O) groups is 1. The van der Waals surface area contributed by atoms with Crippen molar-refractivity contribution in [2.45, 2.75) is 26.7 Å². The Hall–Kier alpha value is -2.79. The first-order chi connectivity index (χ1) is 13.1. The van der Waals surface area contributed by atoms with Crippen molar-refractivity contribution in [3.8, 4) is 17.1 Å². The molecule has 2 aromatic carbocycles. The third-order valence-electron chi connectivity index (χ3n) is 4.06. The van der Waals surface area contributed by atoms with Crippen molar-refractivity contribution >= 4 is 23.2 Å². The maximum atomic E-state index is 12.4. The SMILES string of the molecule is CCCCOc1ccc(-c2cc(C(=O)Nc3ccc(Cl)c(C)c3)no2)cc1. The molecule has 0 aliphatic carbocycles. The van der Waals surface area contributed by atoms with Crippen LogP contribution in [-0.4, -0.2) is 17.7 Å². The summed E-state index contributed by atoms with van der Waals surface area (Å²) < 4.78 is 11.0. The molecule has 3 rings (SSSR count). The Bertz CT molecular complexity index is 919. The molecule has 1 aromatic heterocycles. The predicted octanol–water partition coefficient (Wildman–Crippen LogP) is 5.73. The number of benzene rings is 2. The van der Waals surface area contributed by atoms with Crippen LogP contribution in [0.25, 0.3) is 11.3 Å². The first-order valence-electron chi connectivity index (χ1n) is 8.84. The molecule has 0 aliphatic heterocycles. The van der Waals surface area contributed by atoms with Crippen molar-refractivity contribution in [1.82, 2.24) is 5.16 Å². The van der Waals surface area contributed by atoms with Crippen LogP contribution in [0.2, 0.25) is 5.02 Å². The molecule has 0 bridgehead atoms. The van der Waals surface area contributed by atoms with E-state index in [0.29, 0.717) is 23.1 Å². The lowest BCUT2D eigenvalue weighted by atomic mass is 10.1. The molecule has 5 nitrogen and oxygen atoms in total. The smallest absolute Gasteiger partial charge is 0.277 e. The van der Waals surface area contributed by atoms with E-state index in [1.807, 2.05) is 31.2 Å². The number of anilines is 1. The average Bonchev–Trinajstić information content (AvgIpc) is 3.16. The number of halogens is 1. The van der Waals surface area contributed by atoms with E-state index < -0.39 is 0 Å². The van der Waals surface area contributed by atoms with Crippen molar-refractivity contribution in [3.63, 3.8) is 0 Å². The highest BCUT2D eigenvalue weighted by Crippen LogP contribution is 2.24. The predicted molar refractivity (Wildman–Crippen MR) is 106 cm³/mol. The Labute approximate surface area is 163 Å². The fourth-order valence-electron chi connectivity index (χ4n) is 2.49. The molecule has 1 amide bonds. The summed E-state index contributed by atoms with van der Waals surface area (Å²) in [6.07, 6.45) is 2.12. The van der Waals surface area contributed by atoms with Gasteiger partial charge in [0.1, 0.15) is 5.75 Å². The fraction of sp³-hybridized carbons (Fsp3) is 0.238. The number of rotatable bonds is 7. The highest BCUT2D eigenvalue weighted by atomic mass is 35.5. The van der Waals surface area contributed by atoms with Gasteiger partial charge in [-0.1, -0.05) is 30.1 Å². The van der Waals surface area contributed by atoms with Gasteiger partial charge in [0.25, 0.3) is 5.91 Å². The number of amides is 1. The van der Waals surface area contributed by atoms with Crippen LogP contribution < -0.4 is 10.1 Å². The first kappa shape index (κ1) is 19.0. The summed E-state index contributed by atoms with van der Waals surface area (Å²) >= 11 is 6.00. The number of ether oxygens (including phenoxy) is 1. The van der Waals surface area contributed by atoms with Crippen LogP contribution in [0, 0.1) is 6.92 Å². The maximum Gasteiger partial charge on any atom is 0.277 e. The number of unbranched alkanes of at least 4 members (excludes halogenated alkanes) is 1. The Morgan fingerprint density at radius 3 is 2.67 bits per heavy atom. The maximum absolute atomic E-state index is 12.4. The molecule has 27 heavy (non-hydrogen) atoms. The monoisotopic (exact) mass is 384 g/mol. The molecule has 1 heterocycles. The topological polar surface area (TPSA) is 64.4 Å². The number of aromatic nitrogens is 1. The molecule has 0 saturated carbocycles. The Kier molecular flexibility index (Phi) is 6.14. The van der Waals surface area contributed by atoms with Gasteiger partial charge in [0.15, 0.2) is 11.5 Å². The third kappa shape index (κ3) is 4.89. The molecule has 0 atom stereocenters. The lowest BCUT2D eigenvalue weighted by Gasteiger charge is -2.05. The van der Waals surface area contributed by atoms with E-state index in [9.17, 15) is 4.79 Å². The fourth-order valence-corrected chi connectivity index (χ4v) is 2.60. The van der Waals surface area contributed by atoms with Gasteiger partial charge in [-0.3, -0.25) is 4.79 Å². The van der Waals surface area contributed by atoms with E-state index in [1.165, 1.54) is 0 Å². The van der Waals surface area contributed by atoms with Gasteiger partial charge in [0.2, 0.25) is 0 Å². The van der Waals surface area contributed by atoms with Gasteiger partial charge in [-0.15, -0.1) is 0 Å². The lowest BCUT2D eigenvalue weighted by Crippen LogP contribution is -2.12. The highest BCUT2D eigenvalue weighted by Gasteiger charge is 2.14. The van der Waals surface area contributed by atoms with E-state index >= 15 is 0 Å². The lowest BCUT2D eigenvalue weighted by molar-refractivity contribution is 0.101. The van der Waals surface area contributed by atoms with Gasteiger partial charge in [0, 0.05) is 22.3 Å². The van der Waals surface area contributed by atoms with E-state index in [0.717, 1.165) is 29.7 Å². The van der Waals surface area contributed by atoms with Crippen LogP contribution in [0.5, 0.6) is 5.75 Å². The third-order valence-corrected chi connectivity index (χ3v) is 4.49. The zero-order chi connectivity index (χ0) is 19.2. The minimum absolute atomic E-state index is 0.209. The van der Waals surface area contributed by atoms with E-state index in [-0.39, 0.29) is 11.6 Å². The summed E-state index contributed by atoms with van der Waals surface area (Å²) in [7, 11) is 0. The molecular weight excluding hydrogens is 364 g/mol. The summed E-state index contributed by atoms with van der Waals surface area (Å²) in [4.78, 5) is 12.4. The number of nitrogens with zero attached hydrogens (tertiary/aromatic N) is 1. The first-order valence-corrected chi connectivity index (χ1v) is 9.22. The highest BCUT2D eigenvalue weighted by molar-refractivity contribution is 6.31. The Morgan fingerprint density at radius 2 is 1.96 bits per heavy atom. The molecule has 0 unspecified atom stereocenters. The van der Waals surface area contributed by atoms with Gasteiger partial charge >= 0.3 is 0 Å². The molecule has 3 aromatic rings. The van der Waals surface area contributed by atoms with Crippen molar-refractivity contribution < 1.29 is 14.1 Å². The minimum atomic E-state index is -0.341. The largest absolute Gasteiger partial charge is 0.494 e. The van der Waals surface area contributed by atoms with E-state index in [2.05, 4.69) is 17.4 Å². The molecule has 0 fully saturated rings. The summed E-state index contributed by atoms with van der Waals surface area (Å²) in [6.45, 7) is 4.70. The Balaban J connectivity index is 1.66. The van der Waals surface area contributed by atoms with Crippen LogP contribution in [0.4, 0.5) is 5.69 Å². The zero-order valence-electron chi connectivity index (χ0n) is 15.3. The van der Waals surface area contributed by atoms with Crippen molar-refractivity contribution in [2.24, 2.45) is 0 Å². The second-order valence-corrected chi connectivity index (χ2v) is 6.63. The van der Waals surface area contributed by atoms with Crippen LogP contribution in [0.1, 0.15) is 35.8 Å². The van der Waals surface area contributed by atoms with Crippen LogP contribution in [0.15, 0.2) is 53.1 Å². The molecule has 0 spiro atoms. The van der Waals surface area contributed by atoms with E-state index in [1.54, 1.807) is 24.3 Å². The van der Waals surface area contributed by atoms with Crippen molar-refractivity contribution in [2.75, 3.05) is 11.9 Å². The second-order valence-electron chi connectivity index (χ2n) is 6.22. The number of hydrogen-bond acceptors (Lipinski definition) is 4. The molecule has 0 radical (unpaired) electrons.